The van der Waals surface area contributed by atoms with Crippen molar-refractivity contribution in [1.82, 2.24) is 9.29 Å². The van der Waals surface area contributed by atoms with Gasteiger partial charge in [0.2, 0.25) is 15.2 Å². The highest BCUT2D eigenvalue weighted by molar-refractivity contribution is 7.89. The highest BCUT2D eigenvalue weighted by Gasteiger charge is 2.32. The monoisotopic (exact) mass is 501 g/mol. The lowest BCUT2D eigenvalue weighted by atomic mass is 10.2. The Hall–Kier alpha value is -3.19. The summed E-state index contributed by atoms with van der Waals surface area (Å²) in [5.41, 5.74) is 4.64. The zero-order valence-electron chi connectivity index (χ0n) is 18.5. The summed E-state index contributed by atoms with van der Waals surface area (Å²) < 4.78 is 33.5. The van der Waals surface area contributed by atoms with Gasteiger partial charge in [-0.15, -0.1) is 11.3 Å². The molecule has 1 aromatic heterocycles. The van der Waals surface area contributed by atoms with E-state index in [2.05, 4.69) is 15.5 Å². The molecule has 2 unspecified atom stereocenters. The summed E-state index contributed by atoms with van der Waals surface area (Å²) in [6.45, 7) is 4.34. The number of morpholine rings is 1. The smallest absolute Gasteiger partial charge is 0.270 e. The van der Waals surface area contributed by atoms with Crippen molar-refractivity contribution in [3.05, 3.63) is 69.6 Å². The first-order valence-electron chi connectivity index (χ1n) is 10.5. The van der Waals surface area contributed by atoms with E-state index in [9.17, 15) is 18.5 Å². The highest BCUT2D eigenvalue weighted by Crippen LogP contribution is 2.28. The van der Waals surface area contributed by atoms with Gasteiger partial charge in [-0.25, -0.2) is 13.4 Å². The summed E-state index contributed by atoms with van der Waals surface area (Å²) in [4.78, 5) is 15.1. The normalized spacial score (nSPS) is 19.4. The summed E-state index contributed by atoms with van der Waals surface area (Å²) in [6.07, 6.45) is 1.12. The zero-order chi connectivity index (χ0) is 24.3. The predicted octanol–water partition coefficient (Wildman–Crippen LogP) is 3.96. The molecule has 0 aliphatic carbocycles. The lowest BCUT2D eigenvalue weighted by Gasteiger charge is -2.34. The third-order valence-electron chi connectivity index (χ3n) is 5.11. The molecule has 2 atom stereocenters. The molecule has 0 saturated carbocycles. The number of anilines is 1. The number of rotatable bonds is 7. The van der Waals surface area contributed by atoms with Crippen LogP contribution in [0.5, 0.6) is 0 Å². The minimum Gasteiger partial charge on any atom is -0.373 e. The Labute approximate surface area is 201 Å². The van der Waals surface area contributed by atoms with Crippen LogP contribution in [0.25, 0.3) is 11.3 Å². The number of sulfonamides is 1. The van der Waals surface area contributed by atoms with Crippen molar-refractivity contribution >= 4 is 38.4 Å². The Morgan fingerprint density at radius 3 is 2.68 bits per heavy atom. The number of nitrogens with one attached hydrogen (secondary N) is 1. The largest absolute Gasteiger partial charge is 0.373 e. The molecule has 1 fully saturated rings. The molecule has 2 aromatic carbocycles. The van der Waals surface area contributed by atoms with Crippen LogP contribution in [-0.2, 0) is 14.8 Å². The van der Waals surface area contributed by atoms with Crippen LogP contribution >= 0.6 is 11.3 Å². The molecule has 1 N–H and O–H groups in total. The van der Waals surface area contributed by atoms with Gasteiger partial charge in [-0.3, -0.25) is 15.5 Å². The molecular formula is C22H23N5O5S2. The number of aromatic nitrogens is 1. The first kappa shape index (κ1) is 24.0. The lowest BCUT2D eigenvalue weighted by Crippen LogP contribution is -2.48. The number of hydrogen-bond donors (Lipinski definition) is 1. The number of nitro benzene ring substituents is 1. The Kier molecular flexibility index (Phi) is 7.03. The number of nitro groups is 1. The predicted molar refractivity (Wildman–Crippen MR) is 131 cm³/mol. The van der Waals surface area contributed by atoms with Crippen molar-refractivity contribution in [2.45, 2.75) is 31.0 Å². The van der Waals surface area contributed by atoms with Crippen LogP contribution < -0.4 is 5.43 Å². The molecular weight excluding hydrogens is 478 g/mol. The lowest BCUT2D eigenvalue weighted by molar-refractivity contribution is -0.384. The van der Waals surface area contributed by atoms with Gasteiger partial charge in [0.25, 0.3) is 5.69 Å². The van der Waals surface area contributed by atoms with Crippen molar-refractivity contribution in [2.24, 2.45) is 5.10 Å². The summed E-state index contributed by atoms with van der Waals surface area (Å²) in [5.74, 6) is 0. The number of hydrazone groups is 1. The highest BCUT2D eigenvalue weighted by atomic mass is 32.2. The fourth-order valence-corrected chi connectivity index (χ4v) is 5.94. The standard InChI is InChI=1S/C22H23N5O5S2/c1-15-12-26(13-16(2)32-15)34(30,31)20-8-4-6-18(10-20)21-14-33-22(24-21)25-23-11-17-5-3-7-19(9-17)27(28)29/h3-11,14-16H,12-13H2,1-2H3,(H,24,25)/b23-11+. The van der Waals surface area contributed by atoms with Crippen molar-refractivity contribution in [3.63, 3.8) is 0 Å². The molecule has 1 saturated heterocycles. The molecule has 178 valence electrons. The number of benzene rings is 2. The first-order chi connectivity index (χ1) is 16.2. The molecule has 4 rings (SSSR count). The number of hydrogen-bond acceptors (Lipinski definition) is 9. The topological polar surface area (TPSA) is 127 Å². The van der Waals surface area contributed by atoms with Crippen LogP contribution in [0, 0.1) is 10.1 Å². The van der Waals surface area contributed by atoms with Crippen molar-refractivity contribution in [1.29, 1.82) is 0 Å². The number of nitrogens with zero attached hydrogens (tertiary/aromatic N) is 4. The third-order valence-corrected chi connectivity index (χ3v) is 7.69. The van der Waals surface area contributed by atoms with Crippen molar-refractivity contribution < 1.29 is 18.1 Å². The van der Waals surface area contributed by atoms with Crippen LogP contribution in [0.1, 0.15) is 19.4 Å². The van der Waals surface area contributed by atoms with E-state index in [1.165, 1.54) is 34.0 Å². The number of non-ortho nitro benzene ring substituents is 1. The summed E-state index contributed by atoms with van der Waals surface area (Å²) in [7, 11) is -3.66. The molecule has 2 heterocycles. The van der Waals surface area contributed by atoms with E-state index in [1.54, 1.807) is 41.8 Å². The van der Waals surface area contributed by atoms with Crippen LogP contribution in [-0.4, -0.2) is 54.1 Å². The Morgan fingerprint density at radius 2 is 1.94 bits per heavy atom. The second-order valence-corrected chi connectivity index (χ2v) is 10.7. The summed E-state index contributed by atoms with van der Waals surface area (Å²) in [5, 5.41) is 17.3. The van der Waals surface area contributed by atoms with E-state index in [-0.39, 0.29) is 22.8 Å². The molecule has 0 radical (unpaired) electrons. The van der Waals surface area contributed by atoms with Crippen LogP contribution in [0.4, 0.5) is 10.8 Å². The molecule has 0 bridgehead atoms. The van der Waals surface area contributed by atoms with Gasteiger partial charge >= 0.3 is 0 Å². The van der Waals surface area contributed by atoms with E-state index in [0.29, 0.717) is 35.0 Å². The number of ether oxygens (including phenoxy) is 1. The van der Waals surface area contributed by atoms with Gasteiger partial charge in [0.05, 0.1) is 33.9 Å². The number of thiazole rings is 1. The van der Waals surface area contributed by atoms with E-state index >= 15 is 0 Å². The fourth-order valence-electron chi connectivity index (χ4n) is 3.63. The second kappa shape index (κ2) is 9.97. The van der Waals surface area contributed by atoms with Gasteiger partial charge in [-0.1, -0.05) is 24.3 Å². The molecule has 3 aromatic rings. The second-order valence-electron chi connectivity index (χ2n) is 7.87. The van der Waals surface area contributed by atoms with Gasteiger partial charge in [0, 0.05) is 41.7 Å². The minimum absolute atomic E-state index is 0.0173. The van der Waals surface area contributed by atoms with Gasteiger partial charge in [0.1, 0.15) is 0 Å². The van der Waals surface area contributed by atoms with Gasteiger partial charge in [-0.2, -0.15) is 9.41 Å². The Balaban J connectivity index is 1.48. The molecule has 0 amide bonds. The van der Waals surface area contributed by atoms with Gasteiger partial charge < -0.3 is 4.74 Å². The average molecular weight is 502 g/mol. The van der Waals surface area contributed by atoms with Crippen LogP contribution in [0.15, 0.2) is 63.9 Å². The fraction of sp³-hybridized carbons (Fsp3) is 0.273. The zero-order valence-corrected chi connectivity index (χ0v) is 20.1. The average Bonchev–Trinajstić information content (AvgIpc) is 3.28. The first-order valence-corrected chi connectivity index (χ1v) is 12.8. The van der Waals surface area contributed by atoms with E-state index in [1.807, 2.05) is 13.8 Å². The summed E-state index contributed by atoms with van der Waals surface area (Å²) in [6, 6.07) is 12.8. The SMILES string of the molecule is CC1CN(S(=O)(=O)c2cccc(-c3csc(N/N=C/c4cccc([N+](=O)[O-])c4)n3)c2)CC(C)O1. The molecule has 10 nitrogen and oxygen atoms in total. The Bertz CT molecular complexity index is 1310. The Morgan fingerprint density at radius 1 is 1.21 bits per heavy atom. The third kappa shape index (κ3) is 5.47. The van der Waals surface area contributed by atoms with Crippen molar-refractivity contribution in [2.75, 3.05) is 18.5 Å². The molecule has 12 heteroatoms. The van der Waals surface area contributed by atoms with E-state index < -0.39 is 14.9 Å². The molecule has 0 spiro atoms. The van der Waals surface area contributed by atoms with Crippen LogP contribution in [0.2, 0.25) is 0 Å². The maximum atomic E-state index is 13.2. The summed E-state index contributed by atoms with van der Waals surface area (Å²) >= 11 is 1.31. The maximum absolute atomic E-state index is 13.2. The van der Waals surface area contributed by atoms with Crippen LogP contribution in [0.3, 0.4) is 0 Å². The van der Waals surface area contributed by atoms with Gasteiger partial charge in [-0.05, 0) is 26.0 Å². The van der Waals surface area contributed by atoms with Crippen molar-refractivity contribution in [3.8, 4) is 11.3 Å². The quantitative estimate of drug-likeness (QED) is 0.295. The minimum atomic E-state index is -3.66. The maximum Gasteiger partial charge on any atom is 0.270 e. The van der Waals surface area contributed by atoms with E-state index in [4.69, 9.17) is 4.74 Å². The molecule has 1 aliphatic heterocycles. The molecule has 1 aliphatic rings. The molecule has 34 heavy (non-hydrogen) atoms. The van der Waals surface area contributed by atoms with E-state index in [0.717, 1.165) is 0 Å². The van der Waals surface area contributed by atoms with Gasteiger partial charge in [0.15, 0.2) is 0 Å².